The first-order valence-corrected chi connectivity index (χ1v) is 6.95. The van der Waals surface area contributed by atoms with Gasteiger partial charge in [-0.25, -0.2) is 4.98 Å². The van der Waals surface area contributed by atoms with Crippen molar-refractivity contribution in [3.05, 3.63) is 39.0 Å². The zero-order valence-electron chi connectivity index (χ0n) is 10.1. The Morgan fingerprint density at radius 1 is 1.37 bits per heavy atom. The van der Waals surface area contributed by atoms with Crippen LogP contribution in [-0.4, -0.2) is 15.9 Å². The van der Waals surface area contributed by atoms with Gasteiger partial charge in [0.25, 0.3) is 0 Å². The molecular weight excluding hydrogens is 310 g/mol. The Morgan fingerprint density at radius 3 is 2.74 bits per heavy atom. The Bertz CT molecular complexity index is 656. The lowest BCUT2D eigenvalue weighted by Crippen LogP contribution is -2.27. The van der Waals surface area contributed by atoms with Crippen LogP contribution in [0.5, 0.6) is 0 Å². The molecular formula is C13H12BrN3O2. The van der Waals surface area contributed by atoms with Crippen LogP contribution in [0.25, 0.3) is 10.9 Å². The molecule has 1 aliphatic rings. The number of nitrogens with zero attached hydrogens (tertiary/aromatic N) is 2. The van der Waals surface area contributed by atoms with Crippen LogP contribution in [0, 0.1) is 10.1 Å². The Kier molecular flexibility index (Phi) is 3.10. The fourth-order valence-electron chi connectivity index (χ4n) is 2.24. The summed E-state index contributed by atoms with van der Waals surface area (Å²) >= 11 is 3.21. The molecule has 0 spiro atoms. The fraction of sp³-hybridized carbons (Fsp3) is 0.308. The number of benzene rings is 1. The molecule has 1 aliphatic carbocycles. The third-order valence-corrected chi connectivity index (χ3v) is 4.01. The first kappa shape index (κ1) is 12.3. The number of para-hydroxylation sites is 1. The van der Waals surface area contributed by atoms with E-state index in [9.17, 15) is 10.1 Å². The number of hydrogen-bond acceptors (Lipinski definition) is 4. The molecule has 1 N–H and O–H groups in total. The molecule has 2 aromatic rings. The van der Waals surface area contributed by atoms with Crippen LogP contribution in [0.2, 0.25) is 0 Å². The monoisotopic (exact) mass is 321 g/mol. The summed E-state index contributed by atoms with van der Waals surface area (Å²) in [5, 5.41) is 15.4. The second-order valence-electron chi connectivity index (χ2n) is 4.67. The molecule has 98 valence electrons. The predicted octanol–water partition coefficient (Wildman–Crippen LogP) is 3.87. The largest absolute Gasteiger partial charge is 0.376 e. The number of anilines is 1. The smallest absolute Gasteiger partial charge is 0.325 e. The molecule has 1 aromatic heterocycles. The summed E-state index contributed by atoms with van der Waals surface area (Å²) in [5.41, 5.74) is 1.35. The summed E-state index contributed by atoms with van der Waals surface area (Å²) in [6.07, 6.45) is 3.30. The highest BCUT2D eigenvalue weighted by molar-refractivity contribution is 9.10. The van der Waals surface area contributed by atoms with Gasteiger partial charge in [-0.3, -0.25) is 10.1 Å². The molecule has 0 bridgehead atoms. The minimum absolute atomic E-state index is 0.0191. The molecule has 1 saturated carbocycles. The van der Waals surface area contributed by atoms with E-state index in [0.29, 0.717) is 11.7 Å². The molecule has 1 aromatic carbocycles. The molecule has 0 aliphatic heterocycles. The number of hydrogen-bond donors (Lipinski definition) is 1. The molecule has 0 radical (unpaired) electrons. The van der Waals surface area contributed by atoms with Gasteiger partial charge >= 0.3 is 5.69 Å². The lowest BCUT2D eigenvalue weighted by atomic mass is 9.92. The summed E-state index contributed by atoms with van der Waals surface area (Å²) in [6.45, 7) is 0. The maximum absolute atomic E-state index is 11.3. The van der Waals surface area contributed by atoms with Crippen molar-refractivity contribution in [2.75, 3.05) is 5.32 Å². The molecule has 0 saturated heterocycles. The fourth-order valence-corrected chi connectivity index (χ4v) is 2.78. The average molecular weight is 322 g/mol. The van der Waals surface area contributed by atoms with E-state index in [4.69, 9.17) is 0 Å². The maximum Gasteiger partial charge on any atom is 0.325 e. The minimum Gasteiger partial charge on any atom is -0.376 e. The highest BCUT2D eigenvalue weighted by Gasteiger charge is 2.27. The van der Waals surface area contributed by atoms with Gasteiger partial charge in [0.05, 0.1) is 10.4 Å². The second kappa shape index (κ2) is 4.77. The van der Waals surface area contributed by atoms with Crippen LogP contribution in [-0.2, 0) is 0 Å². The van der Waals surface area contributed by atoms with Crippen molar-refractivity contribution >= 4 is 38.2 Å². The third kappa shape index (κ3) is 2.16. The lowest BCUT2D eigenvalue weighted by molar-refractivity contribution is -0.385. The second-order valence-corrected chi connectivity index (χ2v) is 5.42. The molecule has 6 heteroatoms. The molecule has 0 amide bonds. The van der Waals surface area contributed by atoms with Crippen LogP contribution < -0.4 is 5.32 Å². The highest BCUT2D eigenvalue weighted by atomic mass is 79.9. The number of pyridine rings is 1. The maximum atomic E-state index is 11.3. The van der Waals surface area contributed by atoms with Crippen molar-refractivity contribution in [2.24, 2.45) is 0 Å². The van der Waals surface area contributed by atoms with E-state index in [1.54, 1.807) is 0 Å². The first-order valence-electron chi connectivity index (χ1n) is 6.16. The molecule has 0 unspecified atom stereocenters. The van der Waals surface area contributed by atoms with Gasteiger partial charge in [-0.1, -0.05) is 18.2 Å². The van der Waals surface area contributed by atoms with Crippen LogP contribution in [0.4, 0.5) is 11.4 Å². The molecule has 5 nitrogen and oxygen atoms in total. The number of nitro groups is 1. The van der Waals surface area contributed by atoms with Gasteiger partial charge in [0, 0.05) is 11.4 Å². The summed E-state index contributed by atoms with van der Waals surface area (Å²) in [5.74, 6) is 0. The zero-order valence-corrected chi connectivity index (χ0v) is 11.7. The molecule has 0 atom stereocenters. The molecule has 1 fully saturated rings. The molecule has 1 heterocycles. The SMILES string of the molecule is O=[N+]([O-])c1c(Br)nc2ccccc2c1NC1CCC1. The highest BCUT2D eigenvalue weighted by Crippen LogP contribution is 2.39. The summed E-state index contributed by atoms with van der Waals surface area (Å²) < 4.78 is 0.276. The van der Waals surface area contributed by atoms with Crippen LogP contribution in [0.15, 0.2) is 28.9 Å². The predicted molar refractivity (Wildman–Crippen MR) is 77.4 cm³/mol. The van der Waals surface area contributed by atoms with E-state index in [-0.39, 0.29) is 15.2 Å². The lowest BCUT2D eigenvalue weighted by Gasteiger charge is -2.27. The van der Waals surface area contributed by atoms with Gasteiger partial charge in [-0.2, -0.15) is 0 Å². The topological polar surface area (TPSA) is 68.1 Å². The van der Waals surface area contributed by atoms with E-state index in [0.717, 1.165) is 23.7 Å². The normalized spacial score (nSPS) is 15.2. The van der Waals surface area contributed by atoms with Crippen molar-refractivity contribution in [3.63, 3.8) is 0 Å². The number of nitrogens with one attached hydrogen (secondary N) is 1. The van der Waals surface area contributed by atoms with E-state index in [2.05, 4.69) is 26.2 Å². The summed E-state index contributed by atoms with van der Waals surface area (Å²) in [7, 11) is 0. The Hall–Kier alpha value is -1.69. The number of rotatable bonds is 3. The van der Waals surface area contributed by atoms with Crippen molar-refractivity contribution in [1.29, 1.82) is 0 Å². The summed E-state index contributed by atoms with van der Waals surface area (Å²) in [4.78, 5) is 15.1. The quantitative estimate of drug-likeness (QED) is 0.529. The van der Waals surface area contributed by atoms with E-state index >= 15 is 0 Å². The number of fused-ring (bicyclic) bond motifs is 1. The Balaban J connectivity index is 2.21. The Morgan fingerprint density at radius 2 is 2.11 bits per heavy atom. The van der Waals surface area contributed by atoms with Crippen LogP contribution in [0.1, 0.15) is 19.3 Å². The van der Waals surface area contributed by atoms with Gasteiger partial charge in [0.15, 0.2) is 4.60 Å². The molecule has 19 heavy (non-hydrogen) atoms. The summed E-state index contributed by atoms with van der Waals surface area (Å²) in [6, 6.07) is 7.80. The third-order valence-electron chi connectivity index (χ3n) is 3.46. The van der Waals surface area contributed by atoms with Crippen LogP contribution in [0.3, 0.4) is 0 Å². The van der Waals surface area contributed by atoms with Crippen LogP contribution >= 0.6 is 15.9 Å². The Labute approximate surface area is 118 Å². The van der Waals surface area contributed by atoms with Crippen molar-refractivity contribution in [3.8, 4) is 0 Å². The molecule has 3 rings (SSSR count). The van der Waals surface area contributed by atoms with Crippen molar-refractivity contribution in [2.45, 2.75) is 25.3 Å². The average Bonchev–Trinajstić information content (AvgIpc) is 2.32. The van der Waals surface area contributed by atoms with Gasteiger partial charge in [0.1, 0.15) is 5.69 Å². The van der Waals surface area contributed by atoms with Gasteiger partial charge < -0.3 is 5.32 Å². The first-order chi connectivity index (χ1) is 9.16. The van der Waals surface area contributed by atoms with E-state index in [1.165, 1.54) is 6.42 Å². The van der Waals surface area contributed by atoms with Crippen molar-refractivity contribution < 1.29 is 4.92 Å². The van der Waals surface area contributed by atoms with E-state index in [1.807, 2.05) is 24.3 Å². The zero-order chi connectivity index (χ0) is 13.4. The van der Waals surface area contributed by atoms with Gasteiger partial charge in [-0.05, 0) is 41.3 Å². The number of halogens is 1. The standard InChI is InChI=1S/C13H12BrN3O2/c14-13-12(17(18)19)11(15-8-4-3-5-8)9-6-1-2-7-10(9)16-13/h1-2,6-8H,3-5H2,(H,15,16). The minimum atomic E-state index is -0.384. The number of aromatic nitrogens is 1. The van der Waals surface area contributed by atoms with Crippen molar-refractivity contribution in [1.82, 2.24) is 4.98 Å². The van der Waals surface area contributed by atoms with Gasteiger partial charge in [-0.15, -0.1) is 0 Å². The van der Waals surface area contributed by atoms with E-state index < -0.39 is 0 Å². The van der Waals surface area contributed by atoms with Gasteiger partial charge in [0.2, 0.25) is 0 Å².